The van der Waals surface area contributed by atoms with Crippen molar-refractivity contribution in [1.82, 2.24) is 10.0 Å². The molecular formula is C13H22N2O2S. The molecule has 0 aliphatic rings. The maximum atomic E-state index is 10.8. The van der Waals surface area contributed by atoms with Gasteiger partial charge in [0.05, 0.1) is 6.26 Å². The summed E-state index contributed by atoms with van der Waals surface area (Å²) in [6, 6.07) is 8.36. The van der Waals surface area contributed by atoms with E-state index >= 15 is 0 Å². The minimum atomic E-state index is -3.05. The van der Waals surface area contributed by atoms with Crippen LogP contribution in [0.25, 0.3) is 0 Å². The molecule has 1 aromatic carbocycles. The Morgan fingerprint density at radius 2 is 1.78 bits per heavy atom. The average molecular weight is 270 g/mol. The van der Waals surface area contributed by atoms with Crippen LogP contribution in [0.4, 0.5) is 0 Å². The van der Waals surface area contributed by atoms with Crippen molar-refractivity contribution in [2.24, 2.45) is 0 Å². The smallest absolute Gasteiger partial charge is 0.208 e. The van der Waals surface area contributed by atoms with E-state index in [-0.39, 0.29) is 0 Å². The van der Waals surface area contributed by atoms with Gasteiger partial charge < -0.3 is 5.32 Å². The molecule has 0 bridgehead atoms. The topological polar surface area (TPSA) is 58.2 Å². The van der Waals surface area contributed by atoms with E-state index in [1.807, 2.05) is 6.07 Å². The molecule has 0 saturated heterocycles. The van der Waals surface area contributed by atoms with Crippen LogP contribution in [-0.2, 0) is 23.0 Å². The van der Waals surface area contributed by atoms with Crippen molar-refractivity contribution in [2.75, 3.05) is 19.3 Å². The fourth-order valence-corrected chi connectivity index (χ4v) is 2.28. The minimum absolute atomic E-state index is 0.487. The molecule has 1 aromatic rings. The Kier molecular flexibility index (Phi) is 6.32. The molecule has 18 heavy (non-hydrogen) atoms. The number of aryl methyl sites for hydroxylation is 1. The van der Waals surface area contributed by atoms with Crippen LogP contribution in [0.5, 0.6) is 0 Å². The van der Waals surface area contributed by atoms with Crippen molar-refractivity contribution in [3.05, 3.63) is 35.4 Å². The molecule has 0 heterocycles. The molecule has 0 spiro atoms. The quantitative estimate of drug-likeness (QED) is 0.700. The standard InChI is InChI=1S/C13H22N2O2S/c1-3-12-7-4-5-8-13(12)11-14-9-6-10-15-18(2,16)17/h4-5,7-8,14-15H,3,6,9-11H2,1-2H3. The summed E-state index contributed by atoms with van der Waals surface area (Å²) in [6.45, 7) is 4.28. The Hall–Kier alpha value is -0.910. The first-order chi connectivity index (χ1) is 8.53. The number of nitrogens with one attached hydrogen (secondary N) is 2. The Morgan fingerprint density at radius 1 is 1.11 bits per heavy atom. The largest absolute Gasteiger partial charge is 0.313 e. The second-order valence-electron chi connectivity index (χ2n) is 4.32. The summed E-state index contributed by atoms with van der Waals surface area (Å²) < 4.78 is 24.2. The molecule has 0 aliphatic carbocycles. The summed E-state index contributed by atoms with van der Waals surface area (Å²) in [5.74, 6) is 0. The number of sulfonamides is 1. The monoisotopic (exact) mass is 270 g/mol. The zero-order valence-electron chi connectivity index (χ0n) is 11.1. The summed E-state index contributed by atoms with van der Waals surface area (Å²) >= 11 is 0. The SMILES string of the molecule is CCc1ccccc1CNCCCNS(C)(=O)=O. The summed E-state index contributed by atoms with van der Waals surface area (Å²) in [5, 5.41) is 3.33. The lowest BCUT2D eigenvalue weighted by Crippen LogP contribution is -2.26. The van der Waals surface area contributed by atoms with Gasteiger partial charge in [0, 0.05) is 13.1 Å². The fourth-order valence-electron chi connectivity index (χ4n) is 1.77. The molecule has 5 heteroatoms. The highest BCUT2D eigenvalue weighted by Crippen LogP contribution is 2.08. The predicted molar refractivity (Wildman–Crippen MR) is 75.0 cm³/mol. The number of rotatable bonds is 8. The highest BCUT2D eigenvalue weighted by molar-refractivity contribution is 7.88. The maximum Gasteiger partial charge on any atom is 0.208 e. The molecule has 0 fully saturated rings. The van der Waals surface area contributed by atoms with Gasteiger partial charge in [-0.2, -0.15) is 0 Å². The Morgan fingerprint density at radius 3 is 2.39 bits per heavy atom. The molecule has 0 saturated carbocycles. The molecule has 0 radical (unpaired) electrons. The molecule has 0 amide bonds. The summed E-state index contributed by atoms with van der Waals surface area (Å²) in [7, 11) is -3.05. The third-order valence-corrected chi connectivity index (χ3v) is 3.44. The van der Waals surface area contributed by atoms with Gasteiger partial charge in [-0.15, -0.1) is 0 Å². The Bertz CT molecular complexity index is 458. The van der Waals surface area contributed by atoms with E-state index in [4.69, 9.17) is 0 Å². The van der Waals surface area contributed by atoms with Crippen LogP contribution < -0.4 is 10.0 Å². The van der Waals surface area contributed by atoms with Gasteiger partial charge >= 0.3 is 0 Å². The van der Waals surface area contributed by atoms with Crippen LogP contribution in [0.1, 0.15) is 24.5 Å². The third kappa shape index (κ3) is 6.14. The second-order valence-corrected chi connectivity index (χ2v) is 6.15. The van der Waals surface area contributed by atoms with Gasteiger partial charge in [-0.05, 0) is 30.5 Å². The van der Waals surface area contributed by atoms with Crippen molar-refractivity contribution >= 4 is 10.0 Å². The lowest BCUT2D eigenvalue weighted by molar-refractivity contribution is 0.579. The minimum Gasteiger partial charge on any atom is -0.313 e. The van der Waals surface area contributed by atoms with Crippen molar-refractivity contribution in [2.45, 2.75) is 26.3 Å². The van der Waals surface area contributed by atoms with Crippen LogP contribution >= 0.6 is 0 Å². The fraction of sp³-hybridized carbons (Fsp3) is 0.538. The zero-order chi connectivity index (χ0) is 13.4. The molecule has 0 atom stereocenters. The highest BCUT2D eigenvalue weighted by atomic mass is 32.2. The van der Waals surface area contributed by atoms with Crippen LogP contribution in [-0.4, -0.2) is 27.8 Å². The van der Waals surface area contributed by atoms with E-state index in [0.717, 1.165) is 25.9 Å². The molecular weight excluding hydrogens is 248 g/mol. The molecule has 0 aliphatic heterocycles. The van der Waals surface area contributed by atoms with E-state index in [0.29, 0.717) is 6.54 Å². The molecule has 0 aromatic heterocycles. The van der Waals surface area contributed by atoms with Gasteiger partial charge in [-0.25, -0.2) is 13.1 Å². The van der Waals surface area contributed by atoms with Gasteiger partial charge in [-0.3, -0.25) is 0 Å². The first-order valence-corrected chi connectivity index (χ1v) is 8.14. The number of benzene rings is 1. The molecule has 1 rings (SSSR count). The zero-order valence-corrected chi connectivity index (χ0v) is 11.9. The van der Waals surface area contributed by atoms with E-state index in [9.17, 15) is 8.42 Å². The van der Waals surface area contributed by atoms with Crippen LogP contribution in [0.2, 0.25) is 0 Å². The van der Waals surface area contributed by atoms with Gasteiger partial charge in [-0.1, -0.05) is 31.2 Å². The van der Waals surface area contributed by atoms with Crippen molar-refractivity contribution in [3.8, 4) is 0 Å². The normalized spacial score (nSPS) is 11.7. The van der Waals surface area contributed by atoms with Gasteiger partial charge in [0.1, 0.15) is 0 Å². The first kappa shape index (κ1) is 15.1. The van der Waals surface area contributed by atoms with Gasteiger partial charge in [0.2, 0.25) is 10.0 Å². The van der Waals surface area contributed by atoms with Crippen molar-refractivity contribution in [3.63, 3.8) is 0 Å². The highest BCUT2D eigenvalue weighted by Gasteiger charge is 2.00. The van der Waals surface area contributed by atoms with Crippen LogP contribution in [0.15, 0.2) is 24.3 Å². The van der Waals surface area contributed by atoms with E-state index < -0.39 is 10.0 Å². The molecule has 2 N–H and O–H groups in total. The third-order valence-electron chi connectivity index (χ3n) is 2.71. The number of hydrogen-bond acceptors (Lipinski definition) is 3. The van der Waals surface area contributed by atoms with E-state index in [2.05, 4.69) is 35.2 Å². The van der Waals surface area contributed by atoms with Crippen LogP contribution in [0, 0.1) is 0 Å². The second kappa shape index (κ2) is 7.51. The predicted octanol–water partition coefficient (Wildman–Crippen LogP) is 1.28. The molecule has 4 nitrogen and oxygen atoms in total. The van der Waals surface area contributed by atoms with Crippen molar-refractivity contribution in [1.29, 1.82) is 0 Å². The summed E-state index contributed by atoms with van der Waals surface area (Å²) in [6.07, 6.45) is 3.01. The van der Waals surface area contributed by atoms with Crippen LogP contribution in [0.3, 0.4) is 0 Å². The Balaban J connectivity index is 2.22. The Labute approximate surface area is 110 Å². The summed E-state index contributed by atoms with van der Waals surface area (Å²) in [4.78, 5) is 0. The number of hydrogen-bond donors (Lipinski definition) is 2. The molecule has 0 unspecified atom stereocenters. The lowest BCUT2D eigenvalue weighted by Gasteiger charge is -2.09. The van der Waals surface area contributed by atoms with Crippen molar-refractivity contribution < 1.29 is 8.42 Å². The average Bonchev–Trinajstić information content (AvgIpc) is 2.32. The summed E-state index contributed by atoms with van der Waals surface area (Å²) in [5.41, 5.74) is 2.68. The molecule has 102 valence electrons. The van der Waals surface area contributed by atoms with E-state index in [1.165, 1.54) is 17.4 Å². The maximum absolute atomic E-state index is 10.8. The lowest BCUT2D eigenvalue weighted by atomic mass is 10.1. The van der Waals surface area contributed by atoms with Gasteiger partial charge in [0.15, 0.2) is 0 Å². The first-order valence-electron chi connectivity index (χ1n) is 6.25. The van der Waals surface area contributed by atoms with E-state index in [1.54, 1.807) is 0 Å². The van der Waals surface area contributed by atoms with Gasteiger partial charge in [0.25, 0.3) is 0 Å².